The van der Waals surface area contributed by atoms with Gasteiger partial charge < -0.3 is 20.5 Å². The number of hydrogen-bond donors (Lipinski definition) is 3. The van der Waals surface area contributed by atoms with Crippen LogP contribution in [-0.2, 0) is 14.3 Å². The summed E-state index contributed by atoms with van der Waals surface area (Å²) in [5.41, 5.74) is 4.55. The Morgan fingerprint density at radius 1 is 1.00 bits per heavy atom. The van der Waals surface area contributed by atoms with Crippen LogP contribution < -0.4 is 10.6 Å². The first kappa shape index (κ1) is 26.6. The van der Waals surface area contributed by atoms with Crippen LogP contribution in [0.4, 0.5) is 4.79 Å². The average Bonchev–Trinajstić information content (AvgIpc) is 3.13. The minimum Gasteiger partial charge on any atom is -0.481 e. The zero-order chi connectivity index (χ0) is 25.4. The van der Waals surface area contributed by atoms with Gasteiger partial charge in [-0.05, 0) is 34.1 Å². The Morgan fingerprint density at radius 3 is 2.17 bits per heavy atom. The molecular formula is C27H34N2O5S. The van der Waals surface area contributed by atoms with Gasteiger partial charge in [0.25, 0.3) is 0 Å². The van der Waals surface area contributed by atoms with Crippen molar-refractivity contribution in [3.8, 4) is 11.1 Å². The number of carbonyl (C=O) groups is 3. The lowest BCUT2D eigenvalue weighted by molar-refractivity contribution is -0.142. The van der Waals surface area contributed by atoms with Crippen molar-refractivity contribution in [2.45, 2.75) is 33.1 Å². The highest BCUT2D eigenvalue weighted by atomic mass is 32.2. The summed E-state index contributed by atoms with van der Waals surface area (Å²) >= 11 is 1.37. The Balaban J connectivity index is 1.34. The monoisotopic (exact) mass is 498 g/mol. The van der Waals surface area contributed by atoms with Gasteiger partial charge in [-0.2, -0.15) is 11.8 Å². The number of fused-ring (bicyclic) bond motifs is 3. The zero-order valence-electron chi connectivity index (χ0n) is 20.5. The van der Waals surface area contributed by atoms with Gasteiger partial charge in [0.1, 0.15) is 6.61 Å². The van der Waals surface area contributed by atoms with E-state index in [1.807, 2.05) is 45.0 Å². The number of hydrogen-bond acceptors (Lipinski definition) is 5. The summed E-state index contributed by atoms with van der Waals surface area (Å²) in [4.78, 5) is 35.6. The highest BCUT2D eigenvalue weighted by molar-refractivity contribution is 7.99. The summed E-state index contributed by atoms with van der Waals surface area (Å²) < 4.78 is 5.50. The molecule has 3 rings (SSSR count). The molecule has 0 spiro atoms. The third-order valence-corrected chi connectivity index (χ3v) is 6.81. The Kier molecular flexibility index (Phi) is 9.20. The number of amides is 2. The summed E-state index contributed by atoms with van der Waals surface area (Å²) in [7, 11) is 0. The van der Waals surface area contributed by atoms with Gasteiger partial charge in [0.15, 0.2) is 0 Å². The smallest absolute Gasteiger partial charge is 0.407 e. The molecule has 0 heterocycles. The second-order valence-electron chi connectivity index (χ2n) is 9.91. The molecule has 2 aromatic carbocycles. The van der Waals surface area contributed by atoms with Gasteiger partial charge >= 0.3 is 12.1 Å². The molecule has 0 fully saturated rings. The van der Waals surface area contributed by atoms with E-state index in [2.05, 4.69) is 34.9 Å². The zero-order valence-corrected chi connectivity index (χ0v) is 21.3. The summed E-state index contributed by atoms with van der Waals surface area (Å²) in [6.07, 6.45) is 0.00296. The Morgan fingerprint density at radius 2 is 1.60 bits per heavy atom. The van der Waals surface area contributed by atoms with Gasteiger partial charge in [-0.15, -0.1) is 0 Å². The molecule has 0 radical (unpaired) electrons. The highest BCUT2D eigenvalue weighted by Gasteiger charge is 2.29. The largest absolute Gasteiger partial charge is 0.481 e. The third-order valence-electron chi connectivity index (χ3n) is 5.85. The molecule has 0 aromatic heterocycles. The van der Waals surface area contributed by atoms with Crippen molar-refractivity contribution in [2.75, 3.05) is 31.2 Å². The molecular weight excluding hydrogens is 464 g/mol. The maximum absolute atomic E-state index is 12.2. The Bertz CT molecular complexity index is 1000. The van der Waals surface area contributed by atoms with Gasteiger partial charge in [-0.25, -0.2) is 4.79 Å². The Hall–Kier alpha value is -3.00. The number of nitrogens with one attached hydrogen (secondary N) is 2. The SMILES string of the molecule is CC(C)(C)CC(CNC(=O)CSCCNC(=O)OCC1c2ccccc2-c2ccccc21)C(=O)O. The van der Waals surface area contributed by atoms with E-state index in [0.29, 0.717) is 18.7 Å². The van der Waals surface area contributed by atoms with Crippen molar-refractivity contribution in [3.63, 3.8) is 0 Å². The van der Waals surface area contributed by atoms with Crippen LogP contribution >= 0.6 is 11.8 Å². The standard InChI is InChI=1S/C27H34N2O5S/c1-27(2,3)14-18(25(31)32)15-29-24(30)17-35-13-12-28-26(33)34-16-23-21-10-6-4-8-19(21)20-9-5-7-11-22(20)23/h4-11,18,23H,12-17H2,1-3H3,(H,28,33)(H,29,30)(H,31,32). The van der Waals surface area contributed by atoms with E-state index in [9.17, 15) is 19.5 Å². The summed E-state index contributed by atoms with van der Waals surface area (Å²) in [5, 5.41) is 14.8. The maximum atomic E-state index is 12.2. The van der Waals surface area contributed by atoms with Crippen LogP contribution in [0.15, 0.2) is 48.5 Å². The first-order valence-corrected chi connectivity index (χ1v) is 13.0. The van der Waals surface area contributed by atoms with Crippen molar-refractivity contribution in [1.82, 2.24) is 10.6 Å². The topological polar surface area (TPSA) is 105 Å². The van der Waals surface area contributed by atoms with Crippen LogP contribution in [0.25, 0.3) is 11.1 Å². The van der Waals surface area contributed by atoms with E-state index >= 15 is 0 Å². The van der Waals surface area contributed by atoms with E-state index in [0.717, 1.165) is 11.1 Å². The van der Waals surface area contributed by atoms with Crippen molar-refractivity contribution < 1.29 is 24.2 Å². The minimum atomic E-state index is -0.903. The fourth-order valence-corrected chi connectivity index (χ4v) is 4.99. The minimum absolute atomic E-state index is 0.0131. The van der Waals surface area contributed by atoms with Gasteiger partial charge in [0.2, 0.25) is 5.91 Å². The van der Waals surface area contributed by atoms with Gasteiger partial charge in [0.05, 0.1) is 11.7 Å². The number of carboxylic acids is 1. The van der Waals surface area contributed by atoms with E-state index in [4.69, 9.17) is 4.74 Å². The number of rotatable bonds is 11. The van der Waals surface area contributed by atoms with Gasteiger partial charge in [-0.1, -0.05) is 69.3 Å². The molecule has 1 aliphatic rings. The van der Waals surface area contributed by atoms with E-state index in [1.165, 1.54) is 22.9 Å². The molecule has 0 aliphatic heterocycles. The number of benzene rings is 2. The number of ether oxygens (including phenoxy) is 1. The van der Waals surface area contributed by atoms with E-state index in [1.54, 1.807) is 0 Å². The van der Waals surface area contributed by atoms with Crippen molar-refractivity contribution in [2.24, 2.45) is 11.3 Å². The van der Waals surface area contributed by atoms with Crippen LogP contribution in [0, 0.1) is 11.3 Å². The number of alkyl carbamates (subject to hydrolysis) is 1. The molecule has 3 N–H and O–H groups in total. The number of carbonyl (C=O) groups excluding carboxylic acids is 2. The maximum Gasteiger partial charge on any atom is 0.407 e. The lowest BCUT2D eigenvalue weighted by atomic mass is 9.84. The van der Waals surface area contributed by atoms with Crippen molar-refractivity contribution in [3.05, 3.63) is 59.7 Å². The molecule has 2 amide bonds. The second-order valence-corrected chi connectivity index (χ2v) is 11.0. The predicted octanol–water partition coefficient (Wildman–Crippen LogP) is 4.51. The fourth-order valence-electron chi connectivity index (χ4n) is 4.31. The van der Waals surface area contributed by atoms with Crippen molar-refractivity contribution >= 4 is 29.7 Å². The molecule has 0 saturated carbocycles. The number of aliphatic carboxylic acids is 1. The predicted molar refractivity (Wildman–Crippen MR) is 139 cm³/mol. The average molecular weight is 499 g/mol. The molecule has 35 heavy (non-hydrogen) atoms. The first-order chi connectivity index (χ1) is 16.7. The van der Waals surface area contributed by atoms with Crippen LogP contribution in [0.3, 0.4) is 0 Å². The summed E-state index contributed by atoms with van der Waals surface area (Å²) in [5.74, 6) is -0.967. The molecule has 0 saturated heterocycles. The fraction of sp³-hybridized carbons (Fsp3) is 0.444. The Labute approximate surface area is 211 Å². The molecule has 0 bridgehead atoms. The van der Waals surface area contributed by atoms with Crippen LogP contribution in [0.5, 0.6) is 0 Å². The van der Waals surface area contributed by atoms with Crippen LogP contribution in [0.2, 0.25) is 0 Å². The number of carboxylic acid groups (broad SMARTS) is 1. The van der Waals surface area contributed by atoms with E-state index in [-0.39, 0.29) is 36.1 Å². The first-order valence-electron chi connectivity index (χ1n) is 11.8. The molecule has 1 aliphatic carbocycles. The quantitative estimate of drug-likeness (QED) is 0.394. The lowest BCUT2D eigenvalue weighted by Crippen LogP contribution is -2.36. The third kappa shape index (κ3) is 7.75. The van der Waals surface area contributed by atoms with Crippen LogP contribution in [0.1, 0.15) is 44.2 Å². The normalized spacial score (nSPS) is 13.5. The lowest BCUT2D eigenvalue weighted by Gasteiger charge is -2.23. The summed E-state index contributed by atoms with van der Waals surface area (Å²) in [6.45, 7) is 6.67. The second kappa shape index (κ2) is 12.1. The highest BCUT2D eigenvalue weighted by Crippen LogP contribution is 2.44. The summed E-state index contributed by atoms with van der Waals surface area (Å²) in [6, 6.07) is 16.4. The molecule has 188 valence electrons. The molecule has 7 nitrogen and oxygen atoms in total. The van der Waals surface area contributed by atoms with Crippen molar-refractivity contribution in [1.29, 1.82) is 0 Å². The number of thioether (sulfide) groups is 1. The van der Waals surface area contributed by atoms with Gasteiger partial charge in [-0.3, -0.25) is 9.59 Å². The molecule has 1 atom stereocenters. The molecule has 2 aromatic rings. The molecule has 1 unspecified atom stereocenters. The molecule has 8 heteroatoms. The van der Waals surface area contributed by atoms with Gasteiger partial charge in [0, 0.05) is 24.8 Å². The van der Waals surface area contributed by atoms with E-state index < -0.39 is 18.0 Å². The van der Waals surface area contributed by atoms with Crippen LogP contribution in [-0.4, -0.2) is 54.3 Å².